The van der Waals surface area contributed by atoms with Gasteiger partial charge in [-0.3, -0.25) is 4.90 Å². The number of ether oxygens (including phenoxy) is 1. The lowest BCUT2D eigenvalue weighted by Crippen LogP contribution is -2.52. The lowest BCUT2D eigenvalue weighted by molar-refractivity contribution is -0.0526. The molecule has 2 fully saturated rings. The van der Waals surface area contributed by atoms with Crippen molar-refractivity contribution in [2.24, 2.45) is 5.73 Å². The fourth-order valence-corrected chi connectivity index (χ4v) is 2.31. The first-order valence-electron chi connectivity index (χ1n) is 5.32. The summed E-state index contributed by atoms with van der Waals surface area (Å²) in [6.45, 7) is 6.47. The lowest BCUT2D eigenvalue weighted by atomic mass is 10.1. The number of fused-ring (bicyclic) bond motifs is 2. The first-order valence-corrected chi connectivity index (χ1v) is 5.32. The first-order chi connectivity index (χ1) is 6.16. The molecule has 0 aromatic rings. The Bertz CT molecular complexity index is 172. The van der Waals surface area contributed by atoms with E-state index in [2.05, 4.69) is 18.7 Å². The van der Waals surface area contributed by atoms with E-state index in [1.54, 1.807) is 0 Å². The third kappa shape index (κ3) is 1.87. The summed E-state index contributed by atoms with van der Waals surface area (Å²) in [7, 11) is 0. The maximum Gasteiger partial charge on any atom is 0.0707 e. The van der Waals surface area contributed by atoms with Crippen molar-refractivity contribution in [3.63, 3.8) is 0 Å². The number of likely N-dealkylation sites (tertiary alicyclic amines) is 1. The Morgan fingerprint density at radius 3 is 2.23 bits per heavy atom. The molecule has 2 N–H and O–H groups in total. The van der Waals surface area contributed by atoms with E-state index < -0.39 is 0 Å². The largest absolute Gasteiger partial charge is 0.372 e. The van der Waals surface area contributed by atoms with E-state index in [-0.39, 0.29) is 6.04 Å². The average molecular weight is 184 g/mol. The number of hydrogen-bond acceptors (Lipinski definition) is 3. The average Bonchev–Trinajstić information content (AvgIpc) is 2.44. The molecule has 2 saturated heterocycles. The van der Waals surface area contributed by atoms with Crippen molar-refractivity contribution >= 4 is 0 Å². The van der Waals surface area contributed by atoms with Crippen LogP contribution in [0.3, 0.4) is 0 Å². The number of nitrogens with two attached hydrogens (primary N) is 1. The molecule has 0 radical (unpaired) electrons. The summed E-state index contributed by atoms with van der Waals surface area (Å²) < 4.78 is 5.77. The van der Waals surface area contributed by atoms with Gasteiger partial charge in [0, 0.05) is 25.2 Å². The number of morpholine rings is 1. The van der Waals surface area contributed by atoms with Crippen LogP contribution in [0.1, 0.15) is 26.7 Å². The van der Waals surface area contributed by atoms with E-state index in [0.717, 1.165) is 13.1 Å². The van der Waals surface area contributed by atoms with Gasteiger partial charge in [0.05, 0.1) is 12.2 Å². The smallest absolute Gasteiger partial charge is 0.0707 e. The minimum atomic E-state index is 0.262. The van der Waals surface area contributed by atoms with Gasteiger partial charge in [-0.05, 0) is 26.7 Å². The van der Waals surface area contributed by atoms with E-state index in [4.69, 9.17) is 10.5 Å². The normalized spacial score (nSPS) is 39.0. The lowest BCUT2D eigenvalue weighted by Gasteiger charge is -2.37. The summed E-state index contributed by atoms with van der Waals surface area (Å²) >= 11 is 0. The molecule has 13 heavy (non-hydrogen) atoms. The van der Waals surface area contributed by atoms with E-state index in [9.17, 15) is 0 Å². The van der Waals surface area contributed by atoms with Gasteiger partial charge in [-0.25, -0.2) is 0 Å². The molecular formula is C10H20N2O. The van der Waals surface area contributed by atoms with Gasteiger partial charge in [0.2, 0.25) is 0 Å². The molecule has 2 heterocycles. The van der Waals surface area contributed by atoms with Crippen LogP contribution in [0.25, 0.3) is 0 Å². The quantitative estimate of drug-likeness (QED) is 0.682. The molecule has 0 aliphatic carbocycles. The van der Waals surface area contributed by atoms with E-state index >= 15 is 0 Å². The van der Waals surface area contributed by atoms with Gasteiger partial charge >= 0.3 is 0 Å². The molecule has 2 aliphatic heterocycles. The maximum atomic E-state index is 5.90. The standard InChI is InChI=1S/C10H20N2O/c1-7(11)8(2)12-5-9-3-4-10(6-12)13-9/h7-10H,3-6,11H2,1-2H3. The van der Waals surface area contributed by atoms with Crippen LogP contribution < -0.4 is 5.73 Å². The molecule has 2 bridgehead atoms. The molecule has 3 heteroatoms. The molecule has 2 aliphatic rings. The summed E-state index contributed by atoms with van der Waals surface area (Å²) in [4.78, 5) is 2.48. The number of rotatable bonds is 2. The monoisotopic (exact) mass is 184 g/mol. The Labute approximate surface area is 80.2 Å². The van der Waals surface area contributed by atoms with Crippen molar-refractivity contribution in [1.82, 2.24) is 4.90 Å². The van der Waals surface area contributed by atoms with E-state index in [0.29, 0.717) is 18.2 Å². The zero-order valence-electron chi connectivity index (χ0n) is 8.57. The van der Waals surface area contributed by atoms with Gasteiger partial charge in [-0.2, -0.15) is 0 Å². The fraction of sp³-hybridized carbons (Fsp3) is 1.00. The predicted octanol–water partition coefficient (Wildman–Crippen LogP) is 0.585. The SMILES string of the molecule is CC(N)C(C)N1CC2CCC(C1)O2. The molecule has 0 aromatic carbocycles. The van der Waals surface area contributed by atoms with Crippen molar-refractivity contribution in [1.29, 1.82) is 0 Å². The van der Waals surface area contributed by atoms with Crippen LogP contribution in [0.15, 0.2) is 0 Å². The third-order valence-electron chi connectivity index (χ3n) is 3.41. The van der Waals surface area contributed by atoms with E-state index in [1.807, 2.05) is 0 Å². The molecule has 0 spiro atoms. The molecule has 3 nitrogen and oxygen atoms in total. The number of hydrogen-bond donors (Lipinski definition) is 1. The summed E-state index contributed by atoms with van der Waals surface area (Å²) in [6.07, 6.45) is 3.46. The van der Waals surface area contributed by atoms with Crippen LogP contribution >= 0.6 is 0 Å². The molecule has 0 saturated carbocycles. The molecule has 2 rings (SSSR count). The Kier molecular flexibility index (Phi) is 2.58. The summed E-state index contributed by atoms with van der Waals surface area (Å²) in [5.41, 5.74) is 5.90. The minimum absolute atomic E-state index is 0.262. The van der Waals surface area contributed by atoms with Gasteiger partial charge in [0.15, 0.2) is 0 Å². The third-order valence-corrected chi connectivity index (χ3v) is 3.41. The Morgan fingerprint density at radius 2 is 1.77 bits per heavy atom. The summed E-state index contributed by atoms with van der Waals surface area (Å²) in [6, 6.07) is 0.754. The van der Waals surface area contributed by atoms with Crippen molar-refractivity contribution in [2.45, 2.75) is 51.0 Å². The molecule has 4 unspecified atom stereocenters. The molecule has 76 valence electrons. The van der Waals surface area contributed by atoms with E-state index in [1.165, 1.54) is 12.8 Å². The first kappa shape index (κ1) is 9.44. The molecule has 4 atom stereocenters. The van der Waals surface area contributed by atoms with Crippen molar-refractivity contribution in [2.75, 3.05) is 13.1 Å². The van der Waals surface area contributed by atoms with Crippen LogP contribution in [0.5, 0.6) is 0 Å². The van der Waals surface area contributed by atoms with Gasteiger partial charge < -0.3 is 10.5 Å². The topological polar surface area (TPSA) is 38.5 Å². The van der Waals surface area contributed by atoms with Gasteiger partial charge in [-0.15, -0.1) is 0 Å². The highest BCUT2D eigenvalue weighted by atomic mass is 16.5. The highest BCUT2D eigenvalue weighted by Crippen LogP contribution is 2.27. The molecule has 0 amide bonds. The predicted molar refractivity (Wildman–Crippen MR) is 52.6 cm³/mol. The van der Waals surface area contributed by atoms with Crippen LogP contribution in [0.2, 0.25) is 0 Å². The highest BCUT2D eigenvalue weighted by molar-refractivity contribution is 4.88. The van der Waals surface area contributed by atoms with Crippen molar-refractivity contribution in [3.8, 4) is 0 Å². The zero-order chi connectivity index (χ0) is 9.42. The second kappa shape index (κ2) is 3.56. The van der Waals surface area contributed by atoms with Crippen LogP contribution in [-0.2, 0) is 4.74 Å². The molecule has 0 aromatic heterocycles. The Hall–Kier alpha value is -0.120. The van der Waals surface area contributed by atoms with Crippen LogP contribution in [0.4, 0.5) is 0 Å². The van der Waals surface area contributed by atoms with Gasteiger partial charge in [-0.1, -0.05) is 0 Å². The van der Waals surface area contributed by atoms with Crippen molar-refractivity contribution < 1.29 is 4.74 Å². The van der Waals surface area contributed by atoms with Gasteiger partial charge in [0.1, 0.15) is 0 Å². The maximum absolute atomic E-state index is 5.90. The molecular weight excluding hydrogens is 164 g/mol. The Morgan fingerprint density at radius 1 is 1.23 bits per heavy atom. The minimum Gasteiger partial charge on any atom is -0.372 e. The van der Waals surface area contributed by atoms with Gasteiger partial charge in [0.25, 0.3) is 0 Å². The second-order valence-corrected chi connectivity index (χ2v) is 4.51. The summed E-state index contributed by atoms with van der Waals surface area (Å²) in [5, 5.41) is 0. The Balaban J connectivity index is 1.94. The number of nitrogens with zero attached hydrogens (tertiary/aromatic N) is 1. The zero-order valence-corrected chi connectivity index (χ0v) is 8.57. The van der Waals surface area contributed by atoms with Crippen LogP contribution in [0, 0.1) is 0 Å². The second-order valence-electron chi connectivity index (χ2n) is 4.51. The summed E-state index contributed by atoms with van der Waals surface area (Å²) in [5.74, 6) is 0. The van der Waals surface area contributed by atoms with Crippen LogP contribution in [-0.4, -0.2) is 42.3 Å². The van der Waals surface area contributed by atoms with Crippen molar-refractivity contribution in [3.05, 3.63) is 0 Å². The fourth-order valence-electron chi connectivity index (χ4n) is 2.31. The highest BCUT2D eigenvalue weighted by Gasteiger charge is 2.35.